The van der Waals surface area contributed by atoms with Crippen LogP contribution in [0.2, 0.25) is 39.3 Å². The first-order chi connectivity index (χ1) is 10.4. The van der Waals surface area contributed by atoms with E-state index in [0.717, 1.165) is 0 Å². The molecule has 0 aliphatic heterocycles. The van der Waals surface area contributed by atoms with Crippen LogP contribution in [0.5, 0.6) is 0 Å². The molecule has 0 saturated heterocycles. The van der Waals surface area contributed by atoms with E-state index in [1.807, 2.05) is 39.3 Å². The fraction of sp³-hybridized carbons (Fsp3) is 0.857. The van der Waals surface area contributed by atoms with Crippen molar-refractivity contribution in [2.75, 3.05) is 13.2 Å². The number of esters is 2. The van der Waals surface area contributed by atoms with Gasteiger partial charge >= 0.3 is 11.9 Å². The molecule has 0 aliphatic carbocycles. The lowest BCUT2D eigenvalue weighted by Crippen LogP contribution is -2.35. The van der Waals surface area contributed by atoms with Crippen molar-refractivity contribution < 1.29 is 27.5 Å². The topological polar surface area (TPSA) is 71.1 Å². The van der Waals surface area contributed by atoms with Gasteiger partial charge in [0.2, 0.25) is 0 Å². The molecular weight excluding hydrogens is 351 g/mol. The third-order valence-corrected chi connectivity index (χ3v) is 8.93. The summed E-state index contributed by atoms with van der Waals surface area (Å²) in [6, 6.07) is 0. The quantitative estimate of drug-likeness (QED) is 0.324. The monoisotopic (exact) mass is 382 g/mol. The molecule has 0 fully saturated rings. The fourth-order valence-electron chi connectivity index (χ4n) is 1.55. The maximum absolute atomic E-state index is 12.4. The van der Waals surface area contributed by atoms with Crippen LogP contribution in [0.1, 0.15) is 20.3 Å². The van der Waals surface area contributed by atoms with E-state index in [0.29, 0.717) is 0 Å². The van der Waals surface area contributed by atoms with Crippen LogP contribution in [0.15, 0.2) is 0 Å². The summed E-state index contributed by atoms with van der Waals surface area (Å²) in [5.74, 6) is -0.889. The third kappa shape index (κ3) is 11.0. The van der Waals surface area contributed by atoms with Crippen molar-refractivity contribution >= 4 is 36.9 Å². The summed E-state index contributed by atoms with van der Waals surface area (Å²) < 4.78 is 22.4. The summed E-state index contributed by atoms with van der Waals surface area (Å²) >= 11 is 0. The Hall–Kier alpha value is -0.276. The molecule has 0 aromatic carbocycles. The van der Waals surface area contributed by atoms with Gasteiger partial charge in [0.1, 0.15) is 5.66 Å². The van der Waals surface area contributed by atoms with Crippen molar-refractivity contribution in [1.29, 1.82) is 0 Å². The maximum Gasteiger partial charge on any atom is 0.318 e. The Balaban J connectivity index is 5.40. The van der Waals surface area contributed by atoms with E-state index in [1.54, 1.807) is 13.8 Å². The zero-order valence-corrected chi connectivity index (χ0v) is 18.5. The van der Waals surface area contributed by atoms with E-state index in [2.05, 4.69) is 0 Å². The minimum atomic E-state index is -1.96. The van der Waals surface area contributed by atoms with E-state index in [-0.39, 0.29) is 19.6 Å². The molecule has 23 heavy (non-hydrogen) atoms. The predicted molar refractivity (Wildman–Crippen MR) is 97.5 cm³/mol. The second-order valence-electron chi connectivity index (χ2n) is 6.97. The Bertz CT molecular complexity index is 376. The molecule has 0 aromatic rings. The molecule has 0 N–H and O–H groups in total. The molecule has 9 heteroatoms. The normalized spacial score (nSPS) is 13.8. The summed E-state index contributed by atoms with van der Waals surface area (Å²) in [6.07, 6.45) is -0.0761. The largest absolute Gasteiger partial charge is 0.466 e. The molecule has 136 valence electrons. The zero-order chi connectivity index (χ0) is 18.3. The minimum absolute atomic E-state index is 0.0761. The van der Waals surface area contributed by atoms with Crippen LogP contribution in [-0.2, 0) is 27.5 Å². The maximum atomic E-state index is 12.4. The smallest absolute Gasteiger partial charge is 0.318 e. The SMILES string of the molecule is CCOC(=O)CC(C(=O)OCC)P(O[Si](C)(C)C)O[Si](C)(C)C. The van der Waals surface area contributed by atoms with E-state index < -0.39 is 42.6 Å². The number of carbonyl (C=O) groups excluding carboxylic acids is 2. The van der Waals surface area contributed by atoms with Gasteiger partial charge in [-0.2, -0.15) is 0 Å². The second-order valence-corrected chi connectivity index (χ2v) is 18.1. The molecule has 0 rings (SSSR count). The highest BCUT2D eigenvalue weighted by molar-refractivity contribution is 7.52. The van der Waals surface area contributed by atoms with Crippen LogP contribution in [-0.4, -0.2) is 47.4 Å². The summed E-state index contributed by atoms with van der Waals surface area (Å²) in [7, 11) is -5.46. The minimum Gasteiger partial charge on any atom is -0.466 e. The van der Waals surface area contributed by atoms with E-state index in [9.17, 15) is 9.59 Å². The molecule has 0 aromatic heterocycles. The van der Waals surface area contributed by atoms with Gasteiger partial charge in [-0.25, -0.2) is 0 Å². The lowest BCUT2D eigenvalue weighted by atomic mass is 10.3. The van der Waals surface area contributed by atoms with Crippen molar-refractivity contribution in [2.45, 2.75) is 65.2 Å². The van der Waals surface area contributed by atoms with Crippen LogP contribution in [0.3, 0.4) is 0 Å². The predicted octanol–water partition coefficient (Wildman–Crippen LogP) is 3.89. The van der Waals surface area contributed by atoms with Gasteiger partial charge in [-0.3, -0.25) is 9.59 Å². The van der Waals surface area contributed by atoms with E-state index >= 15 is 0 Å². The first-order valence-corrected chi connectivity index (χ1v) is 16.0. The van der Waals surface area contributed by atoms with Gasteiger partial charge in [-0.1, -0.05) is 0 Å². The van der Waals surface area contributed by atoms with Crippen LogP contribution in [0.25, 0.3) is 0 Å². The molecule has 0 saturated carbocycles. The van der Waals surface area contributed by atoms with Crippen molar-refractivity contribution in [2.24, 2.45) is 0 Å². The molecule has 1 atom stereocenters. The fourth-order valence-corrected chi connectivity index (χ4v) is 7.91. The van der Waals surface area contributed by atoms with Gasteiger partial charge in [0, 0.05) is 0 Å². The molecule has 0 bridgehead atoms. The Morgan fingerprint density at radius 3 is 1.65 bits per heavy atom. The van der Waals surface area contributed by atoms with E-state index in [1.165, 1.54) is 0 Å². The van der Waals surface area contributed by atoms with Gasteiger partial charge in [0.05, 0.1) is 19.6 Å². The highest BCUT2D eigenvalue weighted by Crippen LogP contribution is 2.50. The van der Waals surface area contributed by atoms with E-state index in [4.69, 9.17) is 17.9 Å². The Morgan fingerprint density at radius 2 is 1.30 bits per heavy atom. The first-order valence-electron chi connectivity index (χ1n) is 7.89. The lowest BCUT2D eigenvalue weighted by Gasteiger charge is -2.34. The van der Waals surface area contributed by atoms with Gasteiger partial charge in [-0.15, -0.1) is 0 Å². The average molecular weight is 383 g/mol. The van der Waals surface area contributed by atoms with Crippen LogP contribution < -0.4 is 0 Å². The highest BCUT2D eigenvalue weighted by Gasteiger charge is 2.40. The van der Waals surface area contributed by atoms with Crippen LogP contribution >= 0.6 is 8.38 Å². The number of hydrogen-bond donors (Lipinski definition) is 0. The summed E-state index contributed by atoms with van der Waals surface area (Å²) in [5, 5.41) is 0. The Labute approximate surface area is 143 Å². The first kappa shape index (κ1) is 22.7. The summed E-state index contributed by atoms with van der Waals surface area (Å²) in [5.41, 5.74) is -0.748. The molecule has 0 spiro atoms. The molecule has 0 heterocycles. The number of ether oxygens (including phenoxy) is 2. The molecule has 0 amide bonds. The zero-order valence-electron chi connectivity index (χ0n) is 15.6. The van der Waals surface area contributed by atoms with Crippen molar-refractivity contribution in [1.82, 2.24) is 0 Å². The summed E-state index contributed by atoms with van der Waals surface area (Å²) in [4.78, 5) is 24.2. The second kappa shape index (κ2) is 9.88. The van der Waals surface area contributed by atoms with Gasteiger partial charge in [0.25, 0.3) is 0 Å². The third-order valence-electron chi connectivity index (χ3n) is 2.21. The van der Waals surface area contributed by atoms with Crippen LogP contribution in [0, 0.1) is 0 Å². The molecule has 6 nitrogen and oxygen atoms in total. The molecule has 0 aliphatic rings. The molecular formula is C14H31O6PSi2. The van der Waals surface area contributed by atoms with Gasteiger partial charge < -0.3 is 17.9 Å². The standard InChI is InChI=1S/C14H31O6PSi2/c1-9-17-13(15)11-12(14(16)18-10-2)21(19-22(3,4)5)20-23(6,7)8/h12H,9-11H2,1-8H3. The average Bonchev–Trinajstić information content (AvgIpc) is 2.32. The van der Waals surface area contributed by atoms with Crippen LogP contribution in [0.4, 0.5) is 0 Å². The molecule has 1 unspecified atom stereocenters. The highest BCUT2D eigenvalue weighted by atomic mass is 31.2. The van der Waals surface area contributed by atoms with Crippen molar-refractivity contribution in [3.05, 3.63) is 0 Å². The van der Waals surface area contributed by atoms with Crippen molar-refractivity contribution in [3.63, 3.8) is 0 Å². The van der Waals surface area contributed by atoms with Gasteiger partial charge in [-0.05, 0) is 53.1 Å². The van der Waals surface area contributed by atoms with Crippen molar-refractivity contribution in [3.8, 4) is 0 Å². The Kier molecular flexibility index (Phi) is 9.77. The number of hydrogen-bond acceptors (Lipinski definition) is 6. The Morgan fingerprint density at radius 1 is 0.870 bits per heavy atom. The summed E-state index contributed by atoms with van der Waals surface area (Å²) in [6.45, 7) is 16.2. The number of rotatable bonds is 10. The number of carbonyl (C=O) groups is 2. The molecule has 0 radical (unpaired) electrons. The lowest BCUT2D eigenvalue weighted by molar-refractivity contribution is -0.149. The van der Waals surface area contributed by atoms with Gasteiger partial charge in [0.15, 0.2) is 25.0 Å².